The monoisotopic (exact) mass is 298 g/mol. The quantitative estimate of drug-likeness (QED) is 0.940. The van der Waals surface area contributed by atoms with Gasteiger partial charge in [-0.1, -0.05) is 25.1 Å². The highest BCUT2D eigenvalue weighted by Gasteiger charge is 2.34. The van der Waals surface area contributed by atoms with Crippen LogP contribution in [0.4, 0.5) is 13.2 Å². The van der Waals surface area contributed by atoms with Crippen LogP contribution < -0.4 is 0 Å². The van der Waals surface area contributed by atoms with Crippen LogP contribution in [0.3, 0.4) is 0 Å². The lowest BCUT2D eigenvalue weighted by atomic mass is 9.98. The number of aliphatic hydroxyl groups is 1. The van der Waals surface area contributed by atoms with Crippen LogP contribution in [0.15, 0.2) is 30.3 Å². The zero-order chi connectivity index (χ0) is 15.6. The number of hydrogen-bond acceptors (Lipinski definition) is 2. The fraction of sp³-hybridized carbons (Fsp3) is 0.400. The minimum absolute atomic E-state index is 0.0938. The molecule has 1 N–H and O–H groups in total. The molecule has 0 saturated carbocycles. The SMILES string of the molecule is CCc1cc(CC(O)c2ccccc2C(F)(F)F)n(C)n1. The van der Waals surface area contributed by atoms with E-state index in [0.717, 1.165) is 18.2 Å². The molecule has 21 heavy (non-hydrogen) atoms. The summed E-state index contributed by atoms with van der Waals surface area (Å²) < 4.78 is 40.5. The molecule has 1 unspecified atom stereocenters. The lowest BCUT2D eigenvalue weighted by Gasteiger charge is -2.17. The highest BCUT2D eigenvalue weighted by molar-refractivity contribution is 5.32. The topological polar surface area (TPSA) is 38.0 Å². The Labute approximate surface area is 121 Å². The number of aliphatic hydroxyl groups excluding tert-OH is 1. The summed E-state index contributed by atoms with van der Waals surface area (Å²) in [6.45, 7) is 1.95. The van der Waals surface area contributed by atoms with E-state index >= 15 is 0 Å². The molecular weight excluding hydrogens is 281 g/mol. The summed E-state index contributed by atoms with van der Waals surface area (Å²) in [5.41, 5.74) is 0.653. The fourth-order valence-corrected chi connectivity index (χ4v) is 2.29. The van der Waals surface area contributed by atoms with Crippen LogP contribution in [-0.2, 0) is 26.1 Å². The van der Waals surface area contributed by atoms with E-state index in [4.69, 9.17) is 0 Å². The maximum Gasteiger partial charge on any atom is 0.416 e. The van der Waals surface area contributed by atoms with E-state index in [2.05, 4.69) is 5.10 Å². The lowest BCUT2D eigenvalue weighted by molar-refractivity contribution is -0.139. The summed E-state index contributed by atoms with van der Waals surface area (Å²) in [5.74, 6) is 0. The van der Waals surface area contributed by atoms with Gasteiger partial charge in [0, 0.05) is 19.2 Å². The molecule has 0 aliphatic rings. The van der Waals surface area contributed by atoms with Gasteiger partial charge in [-0.2, -0.15) is 18.3 Å². The van der Waals surface area contributed by atoms with Crippen molar-refractivity contribution in [3.05, 3.63) is 52.8 Å². The third-order valence-electron chi connectivity index (χ3n) is 3.42. The van der Waals surface area contributed by atoms with Gasteiger partial charge in [-0.05, 0) is 24.1 Å². The van der Waals surface area contributed by atoms with Gasteiger partial charge in [0.05, 0.1) is 17.4 Å². The van der Waals surface area contributed by atoms with Crippen LogP contribution in [0.5, 0.6) is 0 Å². The van der Waals surface area contributed by atoms with E-state index in [-0.39, 0.29) is 12.0 Å². The van der Waals surface area contributed by atoms with E-state index in [1.807, 2.05) is 6.92 Å². The number of aromatic nitrogens is 2. The van der Waals surface area contributed by atoms with Gasteiger partial charge in [-0.15, -0.1) is 0 Å². The summed E-state index contributed by atoms with van der Waals surface area (Å²) in [6, 6.07) is 6.91. The van der Waals surface area contributed by atoms with E-state index in [0.29, 0.717) is 5.69 Å². The summed E-state index contributed by atoms with van der Waals surface area (Å²) >= 11 is 0. The molecule has 0 aliphatic carbocycles. The third kappa shape index (κ3) is 3.44. The van der Waals surface area contributed by atoms with Crippen LogP contribution in [0.2, 0.25) is 0 Å². The van der Waals surface area contributed by atoms with Crippen molar-refractivity contribution in [2.75, 3.05) is 0 Å². The molecule has 0 radical (unpaired) electrons. The van der Waals surface area contributed by atoms with Gasteiger partial charge < -0.3 is 5.11 Å². The van der Waals surface area contributed by atoms with Crippen molar-refractivity contribution in [1.82, 2.24) is 9.78 Å². The van der Waals surface area contributed by atoms with Crippen molar-refractivity contribution >= 4 is 0 Å². The first-order chi connectivity index (χ1) is 9.82. The van der Waals surface area contributed by atoms with Crippen LogP contribution >= 0.6 is 0 Å². The molecule has 0 amide bonds. The van der Waals surface area contributed by atoms with Gasteiger partial charge in [0.2, 0.25) is 0 Å². The molecule has 2 rings (SSSR count). The van der Waals surface area contributed by atoms with Crippen LogP contribution in [0.25, 0.3) is 0 Å². The van der Waals surface area contributed by atoms with E-state index in [1.54, 1.807) is 17.8 Å². The number of alkyl halides is 3. The van der Waals surface area contributed by atoms with Gasteiger partial charge in [0.1, 0.15) is 0 Å². The Morgan fingerprint density at radius 3 is 2.52 bits per heavy atom. The van der Waals surface area contributed by atoms with Crippen molar-refractivity contribution in [1.29, 1.82) is 0 Å². The summed E-state index contributed by atoms with van der Waals surface area (Å²) in [6.07, 6.45) is -4.86. The second kappa shape index (κ2) is 5.89. The maximum atomic E-state index is 13.0. The molecule has 1 heterocycles. The van der Waals surface area contributed by atoms with E-state index in [9.17, 15) is 18.3 Å². The summed E-state index contributed by atoms with van der Waals surface area (Å²) in [4.78, 5) is 0. The van der Waals surface area contributed by atoms with Crippen molar-refractivity contribution in [3.8, 4) is 0 Å². The first kappa shape index (κ1) is 15.6. The molecule has 1 atom stereocenters. The first-order valence-corrected chi connectivity index (χ1v) is 6.69. The standard InChI is InChI=1S/C15H17F3N2O/c1-3-10-8-11(20(2)19-10)9-14(21)12-6-4-5-7-13(12)15(16,17)18/h4-8,14,21H,3,9H2,1-2H3. The number of nitrogens with zero attached hydrogens (tertiary/aromatic N) is 2. The largest absolute Gasteiger partial charge is 0.416 e. The molecule has 6 heteroatoms. The fourth-order valence-electron chi connectivity index (χ4n) is 2.29. The second-order valence-corrected chi connectivity index (χ2v) is 4.91. The Hall–Kier alpha value is -1.82. The predicted octanol–water partition coefficient (Wildman–Crippen LogP) is 3.28. The Balaban J connectivity index is 2.28. The normalized spacial score (nSPS) is 13.4. The molecule has 114 valence electrons. The molecule has 2 aromatic rings. The average Bonchev–Trinajstić information content (AvgIpc) is 2.78. The summed E-state index contributed by atoms with van der Waals surface area (Å²) in [5, 5.41) is 14.4. The molecule has 1 aromatic carbocycles. The van der Waals surface area contributed by atoms with Crippen molar-refractivity contribution in [3.63, 3.8) is 0 Å². The second-order valence-electron chi connectivity index (χ2n) is 4.91. The molecule has 0 saturated heterocycles. The third-order valence-corrected chi connectivity index (χ3v) is 3.42. The number of benzene rings is 1. The first-order valence-electron chi connectivity index (χ1n) is 6.69. The zero-order valence-electron chi connectivity index (χ0n) is 11.9. The number of hydrogen-bond donors (Lipinski definition) is 1. The highest BCUT2D eigenvalue weighted by atomic mass is 19.4. The van der Waals surface area contributed by atoms with E-state index in [1.165, 1.54) is 18.2 Å². The minimum Gasteiger partial charge on any atom is -0.388 e. The van der Waals surface area contributed by atoms with Gasteiger partial charge in [-0.3, -0.25) is 4.68 Å². The Morgan fingerprint density at radius 2 is 1.95 bits per heavy atom. The number of aryl methyl sites for hydroxylation is 2. The van der Waals surface area contributed by atoms with E-state index < -0.39 is 17.8 Å². The molecule has 0 spiro atoms. The number of halogens is 3. The smallest absolute Gasteiger partial charge is 0.388 e. The molecule has 3 nitrogen and oxygen atoms in total. The van der Waals surface area contributed by atoms with Gasteiger partial charge in [-0.25, -0.2) is 0 Å². The Morgan fingerprint density at radius 1 is 1.29 bits per heavy atom. The number of rotatable bonds is 4. The molecule has 0 bridgehead atoms. The van der Waals surface area contributed by atoms with Crippen molar-refractivity contribution in [2.24, 2.45) is 7.05 Å². The molecule has 1 aromatic heterocycles. The molecule has 0 aliphatic heterocycles. The van der Waals surface area contributed by atoms with Crippen LogP contribution in [0, 0.1) is 0 Å². The molecular formula is C15H17F3N2O. The highest BCUT2D eigenvalue weighted by Crippen LogP contribution is 2.35. The van der Waals surface area contributed by atoms with Gasteiger partial charge >= 0.3 is 6.18 Å². The lowest BCUT2D eigenvalue weighted by Crippen LogP contribution is -2.14. The van der Waals surface area contributed by atoms with Crippen molar-refractivity contribution in [2.45, 2.75) is 32.0 Å². The Bertz CT molecular complexity index is 620. The predicted molar refractivity (Wildman–Crippen MR) is 72.7 cm³/mol. The van der Waals surface area contributed by atoms with Crippen LogP contribution in [0.1, 0.15) is 35.5 Å². The average molecular weight is 298 g/mol. The van der Waals surface area contributed by atoms with Crippen LogP contribution in [-0.4, -0.2) is 14.9 Å². The minimum atomic E-state index is -4.47. The Kier molecular flexibility index (Phi) is 4.37. The van der Waals surface area contributed by atoms with Gasteiger partial charge in [0.25, 0.3) is 0 Å². The zero-order valence-corrected chi connectivity index (χ0v) is 11.9. The maximum absolute atomic E-state index is 13.0. The summed E-state index contributed by atoms with van der Waals surface area (Å²) in [7, 11) is 1.72. The van der Waals surface area contributed by atoms with Crippen molar-refractivity contribution < 1.29 is 18.3 Å². The molecule has 0 fully saturated rings. The van der Waals surface area contributed by atoms with Gasteiger partial charge in [0.15, 0.2) is 0 Å².